The minimum atomic E-state index is 0. The first-order valence-electron chi connectivity index (χ1n) is 9.87. The first-order valence-corrected chi connectivity index (χ1v) is 9.87. The molecule has 0 amide bonds. The SMILES string of the molecule is CCNC(=NCc1ccnc(OC2CCCC2)c1)NCCc1ccccn1.I. The number of nitrogens with zero attached hydrogens (tertiary/aromatic N) is 3. The number of guanidine groups is 1. The molecule has 28 heavy (non-hydrogen) atoms. The highest BCUT2D eigenvalue weighted by atomic mass is 127. The van der Waals surface area contributed by atoms with Gasteiger partial charge in [0, 0.05) is 43.7 Å². The van der Waals surface area contributed by atoms with E-state index < -0.39 is 0 Å². The number of hydrogen-bond donors (Lipinski definition) is 2. The fourth-order valence-corrected chi connectivity index (χ4v) is 3.16. The van der Waals surface area contributed by atoms with E-state index in [4.69, 9.17) is 4.74 Å². The van der Waals surface area contributed by atoms with Crippen LogP contribution in [0.3, 0.4) is 0 Å². The Labute approximate surface area is 184 Å². The van der Waals surface area contributed by atoms with Crippen LogP contribution >= 0.6 is 24.0 Å². The molecular formula is C21H30IN5O. The second kappa shape index (κ2) is 12.5. The van der Waals surface area contributed by atoms with Crippen molar-refractivity contribution in [1.82, 2.24) is 20.6 Å². The van der Waals surface area contributed by atoms with E-state index in [1.54, 1.807) is 6.20 Å². The molecule has 2 aromatic rings. The lowest BCUT2D eigenvalue weighted by molar-refractivity contribution is 0.201. The molecule has 0 radical (unpaired) electrons. The average Bonchev–Trinajstić information content (AvgIpc) is 3.20. The average molecular weight is 495 g/mol. The zero-order chi connectivity index (χ0) is 18.7. The third kappa shape index (κ3) is 7.61. The fourth-order valence-electron chi connectivity index (χ4n) is 3.16. The van der Waals surface area contributed by atoms with Gasteiger partial charge in [-0.25, -0.2) is 9.98 Å². The molecule has 0 bridgehead atoms. The molecule has 1 fully saturated rings. The zero-order valence-corrected chi connectivity index (χ0v) is 18.8. The third-order valence-electron chi connectivity index (χ3n) is 4.55. The Balaban J connectivity index is 0.00000280. The number of hydrogen-bond acceptors (Lipinski definition) is 4. The maximum absolute atomic E-state index is 5.99. The first-order chi connectivity index (χ1) is 13.3. The lowest BCUT2D eigenvalue weighted by atomic mass is 10.2. The van der Waals surface area contributed by atoms with E-state index in [2.05, 4.69) is 32.5 Å². The van der Waals surface area contributed by atoms with Crippen LogP contribution in [0.5, 0.6) is 5.88 Å². The Morgan fingerprint density at radius 2 is 2.00 bits per heavy atom. The maximum Gasteiger partial charge on any atom is 0.213 e. The number of pyridine rings is 2. The quantitative estimate of drug-likeness (QED) is 0.332. The summed E-state index contributed by atoms with van der Waals surface area (Å²) in [5.41, 5.74) is 2.17. The molecule has 0 saturated heterocycles. The molecule has 6 nitrogen and oxygen atoms in total. The number of ether oxygens (including phenoxy) is 1. The normalized spacial score (nSPS) is 14.4. The summed E-state index contributed by atoms with van der Waals surface area (Å²) in [5, 5.41) is 6.65. The lowest BCUT2D eigenvalue weighted by Gasteiger charge is -2.13. The summed E-state index contributed by atoms with van der Waals surface area (Å²) in [7, 11) is 0. The van der Waals surface area contributed by atoms with Gasteiger partial charge in [-0.3, -0.25) is 4.98 Å². The number of aliphatic imine (C=N–C) groups is 1. The Morgan fingerprint density at radius 3 is 2.75 bits per heavy atom. The molecule has 2 heterocycles. The molecular weight excluding hydrogens is 465 g/mol. The Bertz CT molecular complexity index is 720. The monoisotopic (exact) mass is 495 g/mol. The second-order valence-corrected chi connectivity index (χ2v) is 6.72. The van der Waals surface area contributed by atoms with Crippen LogP contribution in [-0.2, 0) is 13.0 Å². The Kier molecular flexibility index (Phi) is 10.0. The minimum Gasteiger partial charge on any atom is -0.474 e. The van der Waals surface area contributed by atoms with E-state index in [9.17, 15) is 0 Å². The Hall–Kier alpha value is -1.90. The van der Waals surface area contributed by atoms with E-state index >= 15 is 0 Å². The molecule has 2 aromatic heterocycles. The van der Waals surface area contributed by atoms with E-state index in [-0.39, 0.29) is 24.0 Å². The highest BCUT2D eigenvalue weighted by Gasteiger charge is 2.16. The number of aromatic nitrogens is 2. The van der Waals surface area contributed by atoms with Crippen molar-refractivity contribution in [2.75, 3.05) is 13.1 Å². The van der Waals surface area contributed by atoms with Crippen molar-refractivity contribution in [3.63, 3.8) is 0 Å². The molecule has 0 aromatic carbocycles. The molecule has 1 saturated carbocycles. The van der Waals surface area contributed by atoms with Crippen LogP contribution in [0.2, 0.25) is 0 Å². The van der Waals surface area contributed by atoms with Gasteiger partial charge in [-0.15, -0.1) is 24.0 Å². The second-order valence-electron chi connectivity index (χ2n) is 6.72. The summed E-state index contributed by atoms with van der Waals surface area (Å²) in [5.74, 6) is 1.52. The van der Waals surface area contributed by atoms with Crippen molar-refractivity contribution in [2.24, 2.45) is 4.99 Å². The number of rotatable bonds is 8. The van der Waals surface area contributed by atoms with Crippen molar-refractivity contribution in [2.45, 2.75) is 51.7 Å². The van der Waals surface area contributed by atoms with E-state index in [1.165, 1.54) is 12.8 Å². The molecule has 0 unspecified atom stereocenters. The van der Waals surface area contributed by atoms with Gasteiger partial charge in [-0.1, -0.05) is 6.07 Å². The molecule has 7 heteroatoms. The zero-order valence-electron chi connectivity index (χ0n) is 16.4. The van der Waals surface area contributed by atoms with Gasteiger partial charge in [-0.05, 0) is 56.4 Å². The van der Waals surface area contributed by atoms with Crippen molar-refractivity contribution < 1.29 is 4.74 Å². The summed E-state index contributed by atoms with van der Waals surface area (Å²) in [6.07, 6.45) is 9.58. The summed E-state index contributed by atoms with van der Waals surface area (Å²) in [6.45, 7) is 4.26. The van der Waals surface area contributed by atoms with Crippen LogP contribution in [0.1, 0.15) is 43.9 Å². The standard InChI is InChI=1S/C21H29N5O.HI/c1-2-22-21(25-14-11-18-7-5-6-12-23-18)26-16-17-10-13-24-20(15-17)27-19-8-3-4-9-19;/h5-7,10,12-13,15,19H,2-4,8-9,11,14,16H2,1H3,(H2,22,25,26);1H. The third-order valence-corrected chi connectivity index (χ3v) is 4.55. The van der Waals surface area contributed by atoms with Crippen molar-refractivity contribution in [3.05, 3.63) is 54.0 Å². The summed E-state index contributed by atoms with van der Waals surface area (Å²) in [6, 6.07) is 9.97. The molecule has 0 aliphatic heterocycles. The van der Waals surface area contributed by atoms with Gasteiger partial charge < -0.3 is 15.4 Å². The molecule has 2 N–H and O–H groups in total. The van der Waals surface area contributed by atoms with Crippen molar-refractivity contribution in [1.29, 1.82) is 0 Å². The van der Waals surface area contributed by atoms with Crippen molar-refractivity contribution in [3.8, 4) is 5.88 Å². The van der Waals surface area contributed by atoms with Crippen LogP contribution in [0.15, 0.2) is 47.7 Å². The predicted molar refractivity (Wildman–Crippen MR) is 123 cm³/mol. The minimum absolute atomic E-state index is 0. The smallest absolute Gasteiger partial charge is 0.213 e. The fraction of sp³-hybridized carbons (Fsp3) is 0.476. The summed E-state index contributed by atoms with van der Waals surface area (Å²) < 4.78 is 5.99. The molecule has 152 valence electrons. The molecule has 3 rings (SSSR count). The molecule has 0 atom stereocenters. The van der Waals surface area contributed by atoms with Crippen LogP contribution in [0, 0.1) is 0 Å². The lowest BCUT2D eigenvalue weighted by Crippen LogP contribution is -2.38. The summed E-state index contributed by atoms with van der Waals surface area (Å²) >= 11 is 0. The molecule has 1 aliphatic rings. The van der Waals surface area contributed by atoms with Crippen LogP contribution < -0.4 is 15.4 Å². The number of halogens is 1. The summed E-state index contributed by atoms with van der Waals surface area (Å²) in [4.78, 5) is 13.4. The van der Waals surface area contributed by atoms with Gasteiger partial charge in [0.05, 0.1) is 6.54 Å². The van der Waals surface area contributed by atoms with E-state index in [1.807, 2.05) is 36.5 Å². The van der Waals surface area contributed by atoms with E-state index in [0.717, 1.165) is 49.6 Å². The maximum atomic E-state index is 5.99. The highest BCUT2D eigenvalue weighted by Crippen LogP contribution is 2.23. The van der Waals surface area contributed by atoms with Crippen LogP contribution in [0.4, 0.5) is 0 Å². The van der Waals surface area contributed by atoms with Gasteiger partial charge in [0.1, 0.15) is 6.10 Å². The number of nitrogens with one attached hydrogen (secondary N) is 2. The molecule has 0 spiro atoms. The van der Waals surface area contributed by atoms with Gasteiger partial charge in [-0.2, -0.15) is 0 Å². The van der Waals surface area contributed by atoms with Gasteiger partial charge in [0.25, 0.3) is 0 Å². The largest absolute Gasteiger partial charge is 0.474 e. The Morgan fingerprint density at radius 1 is 1.14 bits per heavy atom. The van der Waals surface area contributed by atoms with Crippen LogP contribution in [-0.4, -0.2) is 35.1 Å². The van der Waals surface area contributed by atoms with E-state index in [0.29, 0.717) is 18.5 Å². The van der Waals surface area contributed by atoms with Gasteiger partial charge in [0.15, 0.2) is 5.96 Å². The van der Waals surface area contributed by atoms with Crippen LogP contribution in [0.25, 0.3) is 0 Å². The molecule has 1 aliphatic carbocycles. The predicted octanol–water partition coefficient (Wildman–Crippen LogP) is 3.71. The van der Waals surface area contributed by atoms with Gasteiger partial charge in [0.2, 0.25) is 5.88 Å². The van der Waals surface area contributed by atoms with Crippen molar-refractivity contribution >= 4 is 29.9 Å². The first kappa shape index (κ1) is 22.4. The topological polar surface area (TPSA) is 71.4 Å². The highest BCUT2D eigenvalue weighted by molar-refractivity contribution is 14.0. The van der Waals surface area contributed by atoms with Gasteiger partial charge >= 0.3 is 0 Å².